The van der Waals surface area contributed by atoms with Crippen LogP contribution in [0.5, 0.6) is 0 Å². The molecule has 0 bridgehead atoms. The number of hydrogen-bond donors (Lipinski definition) is 1. The molecule has 3 atom stereocenters. The van der Waals surface area contributed by atoms with Crippen molar-refractivity contribution in [2.75, 3.05) is 26.3 Å². The molecular formula is C16H22N4O4. The number of aryl methyl sites for hydroxylation is 1. The maximum absolute atomic E-state index is 13.5. The lowest BCUT2D eigenvalue weighted by molar-refractivity contribution is -0.591. The van der Waals surface area contributed by atoms with E-state index in [2.05, 4.69) is 15.2 Å². The average Bonchev–Trinajstić information content (AvgIpc) is 3.18. The fourth-order valence-electron chi connectivity index (χ4n) is 5.46. The van der Waals surface area contributed by atoms with Crippen LogP contribution in [0.1, 0.15) is 43.5 Å². The van der Waals surface area contributed by atoms with E-state index in [9.17, 15) is 10.3 Å². The van der Waals surface area contributed by atoms with Crippen molar-refractivity contribution in [3.8, 4) is 0 Å². The summed E-state index contributed by atoms with van der Waals surface area (Å²) < 4.78 is 11.5. The molecule has 1 saturated carbocycles. The van der Waals surface area contributed by atoms with Gasteiger partial charge in [0.25, 0.3) is 0 Å². The van der Waals surface area contributed by atoms with Crippen molar-refractivity contribution in [1.29, 1.82) is 0 Å². The highest BCUT2D eigenvalue weighted by atomic mass is 16.6. The third kappa shape index (κ3) is 1.61. The van der Waals surface area contributed by atoms with E-state index in [1.807, 2.05) is 0 Å². The van der Waals surface area contributed by atoms with E-state index in [0.717, 1.165) is 43.5 Å². The zero-order chi connectivity index (χ0) is 16.4. The summed E-state index contributed by atoms with van der Waals surface area (Å²) in [7, 11) is 0. The Morgan fingerprint density at radius 1 is 1.21 bits per heavy atom. The molecule has 1 aromatic heterocycles. The fraction of sp³-hybridized carbons (Fsp3) is 0.812. The van der Waals surface area contributed by atoms with Gasteiger partial charge in [-0.25, -0.2) is 9.53 Å². The predicted octanol–water partition coefficient (Wildman–Crippen LogP) is 0.387. The molecule has 2 fully saturated rings. The van der Waals surface area contributed by atoms with Crippen molar-refractivity contribution in [2.24, 2.45) is 5.92 Å². The van der Waals surface area contributed by atoms with Gasteiger partial charge in [-0.2, -0.15) is 4.74 Å². The van der Waals surface area contributed by atoms with E-state index >= 15 is 0 Å². The van der Waals surface area contributed by atoms with Crippen LogP contribution < -0.4 is 0 Å². The molecule has 8 heteroatoms. The third-order valence-corrected chi connectivity index (χ3v) is 6.46. The Hall–Kier alpha value is -1.51. The van der Waals surface area contributed by atoms with Crippen LogP contribution in [0.4, 0.5) is 0 Å². The van der Waals surface area contributed by atoms with Crippen LogP contribution in [-0.4, -0.2) is 62.7 Å². The third-order valence-electron chi connectivity index (χ3n) is 6.46. The van der Waals surface area contributed by atoms with Crippen molar-refractivity contribution in [3.05, 3.63) is 16.6 Å². The second-order valence-corrected chi connectivity index (χ2v) is 7.34. The summed E-state index contributed by atoms with van der Waals surface area (Å²) in [6.45, 7) is 2.71. The normalized spacial score (nSPS) is 39.5. The number of nitrogens with zero attached hydrogens (tertiary/aromatic N) is 4. The zero-order valence-corrected chi connectivity index (χ0v) is 13.6. The van der Waals surface area contributed by atoms with Gasteiger partial charge < -0.3 is 15.1 Å². The summed E-state index contributed by atoms with van der Waals surface area (Å²) in [5.74, 6) is -0.199. The number of hydroxylamine groups is 1. The maximum atomic E-state index is 13.5. The van der Waals surface area contributed by atoms with Crippen LogP contribution in [0.15, 0.2) is 4.63 Å². The van der Waals surface area contributed by atoms with Crippen molar-refractivity contribution in [1.82, 2.24) is 15.2 Å². The van der Waals surface area contributed by atoms with Gasteiger partial charge in [-0.3, -0.25) is 0 Å². The largest absolute Gasteiger partial charge is 0.622 e. The number of rotatable bonds is 1. The lowest BCUT2D eigenvalue weighted by atomic mass is 9.66. The molecule has 5 rings (SSSR count). The molecule has 1 aromatic rings. The van der Waals surface area contributed by atoms with Crippen LogP contribution in [0.25, 0.3) is 0 Å². The van der Waals surface area contributed by atoms with Gasteiger partial charge in [0.1, 0.15) is 5.69 Å². The van der Waals surface area contributed by atoms with Crippen LogP contribution in [0.2, 0.25) is 0 Å². The van der Waals surface area contributed by atoms with Gasteiger partial charge in [0, 0.05) is 32.4 Å². The first-order chi connectivity index (χ1) is 11.7. The number of morpholine rings is 1. The fourth-order valence-corrected chi connectivity index (χ4v) is 5.46. The van der Waals surface area contributed by atoms with Crippen molar-refractivity contribution >= 4 is 5.71 Å². The van der Waals surface area contributed by atoms with E-state index in [-0.39, 0.29) is 5.92 Å². The van der Waals surface area contributed by atoms with E-state index in [0.29, 0.717) is 43.2 Å². The van der Waals surface area contributed by atoms with Crippen molar-refractivity contribution in [2.45, 2.75) is 49.8 Å². The summed E-state index contributed by atoms with van der Waals surface area (Å²) in [5.41, 5.74) is -0.325. The smallest absolute Gasteiger partial charge is 0.235 e. The average molecular weight is 334 g/mol. The summed E-state index contributed by atoms with van der Waals surface area (Å²) in [5, 5.41) is 33.2. The number of fused-ring (bicyclic) bond motifs is 5. The molecule has 3 heterocycles. The predicted molar refractivity (Wildman–Crippen MR) is 82.2 cm³/mol. The molecule has 2 aliphatic carbocycles. The van der Waals surface area contributed by atoms with Crippen LogP contribution in [-0.2, 0) is 16.8 Å². The van der Waals surface area contributed by atoms with Crippen molar-refractivity contribution < 1.29 is 19.2 Å². The Balaban J connectivity index is 1.69. The Morgan fingerprint density at radius 3 is 2.88 bits per heavy atom. The highest BCUT2D eigenvalue weighted by molar-refractivity contribution is 5.92. The molecule has 0 unspecified atom stereocenters. The van der Waals surface area contributed by atoms with Gasteiger partial charge in [0.05, 0.1) is 19.1 Å². The number of hydrogen-bond acceptors (Lipinski definition) is 7. The van der Waals surface area contributed by atoms with Gasteiger partial charge in [-0.1, -0.05) is 16.7 Å². The Bertz CT molecular complexity index is 698. The first-order valence-electron chi connectivity index (χ1n) is 8.90. The van der Waals surface area contributed by atoms with E-state index < -0.39 is 11.3 Å². The Morgan fingerprint density at radius 2 is 2.04 bits per heavy atom. The standard InChI is InChI=1S/C16H22N4O4/c21-16-12-3-1-2-6-15(12,19-7-9-23-10-8-19)20(22)13(16)5-4-11-14(16)18-24-17-11/h12,21H,1-10H2/t12-,15+,16-/m0/s1. The van der Waals surface area contributed by atoms with E-state index in [1.165, 1.54) is 0 Å². The van der Waals surface area contributed by atoms with Gasteiger partial charge in [0.2, 0.25) is 17.0 Å². The van der Waals surface area contributed by atoms with Crippen LogP contribution in [0, 0.1) is 11.1 Å². The molecule has 2 aliphatic heterocycles. The molecule has 24 heavy (non-hydrogen) atoms. The van der Waals surface area contributed by atoms with E-state index in [4.69, 9.17) is 9.37 Å². The lowest BCUT2D eigenvalue weighted by Gasteiger charge is -2.47. The van der Waals surface area contributed by atoms with Gasteiger partial charge >= 0.3 is 0 Å². The first-order valence-corrected chi connectivity index (χ1v) is 8.90. The molecule has 130 valence electrons. The minimum atomic E-state index is -1.34. The zero-order valence-electron chi connectivity index (χ0n) is 13.6. The second kappa shape index (κ2) is 5.00. The molecule has 4 aliphatic rings. The SMILES string of the molecule is [O-][N+]1=C2CCc3nonc3[C@]2(O)[C@H]2CCCC[C@]21N1CCOCC1. The minimum absolute atomic E-state index is 0.199. The van der Waals surface area contributed by atoms with Crippen molar-refractivity contribution in [3.63, 3.8) is 0 Å². The molecule has 0 amide bonds. The van der Waals surface area contributed by atoms with Gasteiger partial charge in [0.15, 0.2) is 5.69 Å². The number of ether oxygens (including phenoxy) is 1. The Labute approximate surface area is 139 Å². The Kier molecular flexibility index (Phi) is 3.08. The minimum Gasteiger partial charge on any atom is -0.622 e. The monoisotopic (exact) mass is 334 g/mol. The second-order valence-electron chi connectivity index (χ2n) is 7.34. The summed E-state index contributed by atoms with van der Waals surface area (Å²) in [4.78, 5) is 2.24. The molecule has 0 radical (unpaired) electrons. The molecule has 0 aromatic carbocycles. The molecule has 1 saturated heterocycles. The maximum Gasteiger partial charge on any atom is 0.235 e. The topological polar surface area (TPSA) is 97.7 Å². The van der Waals surface area contributed by atoms with Crippen LogP contribution in [0.3, 0.4) is 0 Å². The highest BCUT2D eigenvalue weighted by Crippen LogP contribution is 2.55. The molecular weight excluding hydrogens is 312 g/mol. The lowest BCUT2D eigenvalue weighted by Crippen LogP contribution is -2.63. The quantitative estimate of drug-likeness (QED) is 0.586. The molecule has 8 nitrogen and oxygen atoms in total. The molecule has 1 N–H and O–H groups in total. The number of aromatic nitrogens is 2. The van der Waals surface area contributed by atoms with E-state index in [1.54, 1.807) is 0 Å². The van der Waals surface area contributed by atoms with Crippen LogP contribution >= 0.6 is 0 Å². The summed E-state index contributed by atoms with van der Waals surface area (Å²) in [6, 6.07) is 0. The number of aliphatic hydroxyl groups is 1. The summed E-state index contributed by atoms with van der Waals surface area (Å²) in [6.07, 6.45) is 4.71. The van der Waals surface area contributed by atoms with Gasteiger partial charge in [-0.15, -0.1) is 0 Å². The molecule has 0 spiro atoms. The summed E-state index contributed by atoms with van der Waals surface area (Å²) >= 11 is 0. The first kappa shape index (κ1) is 14.8. The highest BCUT2D eigenvalue weighted by Gasteiger charge is 2.72. The van der Waals surface area contributed by atoms with Gasteiger partial charge in [-0.05, 0) is 12.8 Å².